The molecule has 4 nitrogen and oxygen atoms in total. The van der Waals surface area contributed by atoms with Gasteiger partial charge in [-0.05, 0) is 17.7 Å². The summed E-state index contributed by atoms with van der Waals surface area (Å²) in [6, 6.07) is 25.2. The first-order valence-corrected chi connectivity index (χ1v) is 7.99. The molecule has 2 aromatic heterocycles. The molecular weight excluding hydrogens is 310 g/mol. The predicted octanol–water partition coefficient (Wildman–Crippen LogP) is 4.17. The first-order valence-electron chi connectivity index (χ1n) is 7.99. The SMILES string of the molecule is O=c1[nH]nc(-c2ccccc2)c(-c2ccccc2)c1-c1ccccn1. The molecule has 25 heavy (non-hydrogen) atoms. The third-order valence-electron chi connectivity index (χ3n) is 4.01. The van der Waals surface area contributed by atoms with Crippen LogP contribution in [0.15, 0.2) is 89.9 Å². The molecule has 1 N–H and O–H groups in total. The molecular formula is C21H15N3O. The maximum absolute atomic E-state index is 12.6. The van der Waals surface area contributed by atoms with E-state index in [0.717, 1.165) is 22.4 Å². The normalized spacial score (nSPS) is 10.6. The van der Waals surface area contributed by atoms with Gasteiger partial charge in [0.05, 0.1) is 17.0 Å². The fraction of sp³-hybridized carbons (Fsp3) is 0. The van der Waals surface area contributed by atoms with Gasteiger partial charge in [0.15, 0.2) is 0 Å². The van der Waals surface area contributed by atoms with Crippen molar-refractivity contribution in [2.24, 2.45) is 0 Å². The van der Waals surface area contributed by atoms with Gasteiger partial charge in [-0.25, -0.2) is 5.10 Å². The number of rotatable bonds is 3. The van der Waals surface area contributed by atoms with E-state index in [1.54, 1.807) is 6.20 Å². The zero-order valence-electron chi connectivity index (χ0n) is 13.4. The summed E-state index contributed by atoms with van der Waals surface area (Å²) in [5, 5.41) is 6.98. The average Bonchev–Trinajstić information content (AvgIpc) is 2.70. The molecule has 0 amide bonds. The Labute approximate surface area is 144 Å². The van der Waals surface area contributed by atoms with E-state index in [9.17, 15) is 4.79 Å². The summed E-state index contributed by atoms with van der Waals surface area (Å²) in [6.45, 7) is 0. The van der Waals surface area contributed by atoms with Gasteiger partial charge >= 0.3 is 0 Å². The van der Waals surface area contributed by atoms with Gasteiger partial charge in [0.2, 0.25) is 0 Å². The molecule has 0 fully saturated rings. The van der Waals surface area contributed by atoms with E-state index < -0.39 is 0 Å². The minimum Gasteiger partial charge on any atom is -0.267 e. The van der Waals surface area contributed by atoms with Crippen molar-refractivity contribution < 1.29 is 0 Å². The van der Waals surface area contributed by atoms with E-state index in [-0.39, 0.29) is 5.56 Å². The van der Waals surface area contributed by atoms with E-state index in [4.69, 9.17) is 0 Å². The second kappa shape index (κ2) is 6.53. The van der Waals surface area contributed by atoms with Gasteiger partial charge < -0.3 is 0 Å². The highest BCUT2D eigenvalue weighted by atomic mass is 16.1. The summed E-state index contributed by atoms with van der Waals surface area (Å²) in [6.07, 6.45) is 1.69. The van der Waals surface area contributed by atoms with Crippen molar-refractivity contribution in [1.82, 2.24) is 15.2 Å². The molecule has 4 aromatic rings. The number of aromatic amines is 1. The number of H-pyrrole nitrogens is 1. The van der Waals surface area contributed by atoms with E-state index in [2.05, 4.69) is 15.2 Å². The monoisotopic (exact) mass is 325 g/mol. The maximum atomic E-state index is 12.6. The first-order chi connectivity index (χ1) is 12.3. The number of hydrogen-bond acceptors (Lipinski definition) is 3. The second-order valence-corrected chi connectivity index (χ2v) is 5.60. The summed E-state index contributed by atoms with van der Waals surface area (Å²) in [5.41, 5.74) is 4.29. The van der Waals surface area contributed by atoms with Crippen LogP contribution in [-0.2, 0) is 0 Å². The minimum absolute atomic E-state index is 0.253. The Bertz CT molecular complexity index is 1040. The minimum atomic E-state index is -0.253. The molecule has 0 saturated heterocycles. The molecule has 0 unspecified atom stereocenters. The topological polar surface area (TPSA) is 58.6 Å². The van der Waals surface area contributed by atoms with Gasteiger partial charge in [-0.15, -0.1) is 0 Å². The molecule has 0 aliphatic heterocycles. The number of pyridine rings is 1. The largest absolute Gasteiger partial charge is 0.274 e. The van der Waals surface area contributed by atoms with Crippen molar-refractivity contribution in [3.8, 4) is 33.6 Å². The summed E-state index contributed by atoms with van der Waals surface area (Å²) in [4.78, 5) is 17.0. The van der Waals surface area contributed by atoms with Crippen molar-refractivity contribution in [2.75, 3.05) is 0 Å². The molecule has 0 radical (unpaired) electrons. The summed E-state index contributed by atoms with van der Waals surface area (Å²) in [7, 11) is 0. The van der Waals surface area contributed by atoms with Crippen molar-refractivity contribution in [1.29, 1.82) is 0 Å². The Hall–Kier alpha value is -3.53. The molecule has 2 aromatic carbocycles. The van der Waals surface area contributed by atoms with Crippen LogP contribution in [0, 0.1) is 0 Å². The molecule has 4 rings (SSSR count). The van der Waals surface area contributed by atoms with Crippen LogP contribution in [0.25, 0.3) is 33.6 Å². The van der Waals surface area contributed by atoms with Crippen LogP contribution in [0.4, 0.5) is 0 Å². The third kappa shape index (κ3) is 2.85. The molecule has 0 atom stereocenters. The van der Waals surface area contributed by atoms with Crippen molar-refractivity contribution in [3.05, 3.63) is 95.4 Å². The van der Waals surface area contributed by atoms with Crippen molar-refractivity contribution in [3.63, 3.8) is 0 Å². The first kappa shape index (κ1) is 15.0. The standard InChI is InChI=1S/C21H15N3O/c25-21-19(17-13-7-8-14-22-17)18(15-9-3-1-4-10-15)20(23-24-21)16-11-5-2-6-12-16/h1-14H,(H,24,25). The van der Waals surface area contributed by atoms with Crippen molar-refractivity contribution >= 4 is 0 Å². The van der Waals surface area contributed by atoms with Gasteiger partial charge in [-0.1, -0.05) is 66.7 Å². The quantitative estimate of drug-likeness (QED) is 0.615. The second-order valence-electron chi connectivity index (χ2n) is 5.60. The number of hydrogen-bond donors (Lipinski definition) is 1. The third-order valence-corrected chi connectivity index (χ3v) is 4.01. The van der Waals surface area contributed by atoms with E-state index >= 15 is 0 Å². The Balaban J connectivity index is 2.09. The van der Waals surface area contributed by atoms with Gasteiger partial charge in [-0.3, -0.25) is 9.78 Å². The van der Waals surface area contributed by atoms with Gasteiger partial charge in [-0.2, -0.15) is 5.10 Å². The Kier molecular flexibility index (Phi) is 3.92. The molecule has 0 aliphatic rings. The Morgan fingerprint density at radius 3 is 1.96 bits per heavy atom. The van der Waals surface area contributed by atoms with Gasteiger partial charge in [0.25, 0.3) is 5.56 Å². The Morgan fingerprint density at radius 1 is 0.680 bits per heavy atom. The van der Waals surface area contributed by atoms with Gasteiger partial charge in [0, 0.05) is 17.3 Å². The predicted molar refractivity (Wildman–Crippen MR) is 99.0 cm³/mol. The zero-order chi connectivity index (χ0) is 17.1. The molecule has 0 saturated carbocycles. The van der Waals surface area contributed by atoms with E-state index in [0.29, 0.717) is 11.3 Å². The highest BCUT2D eigenvalue weighted by Gasteiger charge is 2.19. The van der Waals surface area contributed by atoms with Crippen LogP contribution in [-0.4, -0.2) is 15.2 Å². The number of nitrogens with one attached hydrogen (secondary N) is 1. The van der Waals surface area contributed by atoms with Crippen LogP contribution in [0.2, 0.25) is 0 Å². The average molecular weight is 325 g/mol. The number of benzene rings is 2. The smallest absolute Gasteiger partial charge is 0.267 e. The highest BCUT2D eigenvalue weighted by Crippen LogP contribution is 2.35. The molecule has 4 heteroatoms. The van der Waals surface area contributed by atoms with Crippen LogP contribution in [0.3, 0.4) is 0 Å². The van der Waals surface area contributed by atoms with Crippen LogP contribution in [0.5, 0.6) is 0 Å². The molecule has 0 aliphatic carbocycles. The van der Waals surface area contributed by atoms with E-state index in [1.807, 2.05) is 78.9 Å². The molecule has 0 bridgehead atoms. The van der Waals surface area contributed by atoms with Crippen molar-refractivity contribution in [2.45, 2.75) is 0 Å². The summed E-state index contributed by atoms with van der Waals surface area (Å²) in [5.74, 6) is 0. The van der Waals surface area contributed by atoms with Crippen LogP contribution >= 0.6 is 0 Å². The number of nitrogens with zero attached hydrogens (tertiary/aromatic N) is 2. The molecule has 2 heterocycles. The highest BCUT2D eigenvalue weighted by molar-refractivity contribution is 5.91. The lowest BCUT2D eigenvalue weighted by Crippen LogP contribution is -2.14. The lowest BCUT2D eigenvalue weighted by atomic mass is 9.94. The summed E-state index contributed by atoms with van der Waals surface area (Å²) >= 11 is 0. The fourth-order valence-electron chi connectivity index (χ4n) is 2.90. The molecule has 0 spiro atoms. The lowest BCUT2D eigenvalue weighted by Gasteiger charge is -2.13. The van der Waals surface area contributed by atoms with Crippen LogP contribution in [0.1, 0.15) is 0 Å². The van der Waals surface area contributed by atoms with Crippen LogP contribution < -0.4 is 5.56 Å². The van der Waals surface area contributed by atoms with Gasteiger partial charge in [0.1, 0.15) is 0 Å². The molecule has 120 valence electrons. The maximum Gasteiger partial charge on any atom is 0.274 e. The fourth-order valence-corrected chi connectivity index (χ4v) is 2.90. The summed E-state index contributed by atoms with van der Waals surface area (Å²) < 4.78 is 0. The lowest BCUT2D eigenvalue weighted by molar-refractivity contribution is 0.997. The van der Waals surface area contributed by atoms with E-state index in [1.165, 1.54) is 0 Å². The Morgan fingerprint density at radius 2 is 1.32 bits per heavy atom. The zero-order valence-corrected chi connectivity index (χ0v) is 13.4. The number of aromatic nitrogens is 3.